The summed E-state index contributed by atoms with van der Waals surface area (Å²) in [5.41, 5.74) is 0.152. The van der Waals surface area contributed by atoms with Crippen LogP contribution in [0.25, 0.3) is 0 Å². The Bertz CT molecular complexity index is 465. The fourth-order valence-electron chi connectivity index (χ4n) is 3.57. The van der Waals surface area contributed by atoms with Crippen LogP contribution in [0.2, 0.25) is 0 Å². The third-order valence-electron chi connectivity index (χ3n) is 6.57. The molecule has 0 spiro atoms. The SMILES string of the molecule is CCCCCCNCCCCCN1C(=O)CC(CC(C)(C)C(C)(C)C)C1=O. The zero-order valence-electron chi connectivity index (χ0n) is 18.8. The molecule has 0 aromatic rings. The minimum absolute atomic E-state index is 0.0313. The molecule has 0 aromatic heterocycles. The van der Waals surface area contributed by atoms with E-state index in [-0.39, 0.29) is 28.6 Å². The predicted molar refractivity (Wildman–Crippen MR) is 114 cm³/mol. The summed E-state index contributed by atoms with van der Waals surface area (Å²) in [5, 5.41) is 3.49. The average Bonchev–Trinajstić information content (AvgIpc) is 2.82. The van der Waals surface area contributed by atoms with E-state index in [0.29, 0.717) is 13.0 Å². The maximum absolute atomic E-state index is 12.7. The van der Waals surface area contributed by atoms with E-state index in [1.165, 1.54) is 30.6 Å². The van der Waals surface area contributed by atoms with Gasteiger partial charge in [0.25, 0.3) is 0 Å². The van der Waals surface area contributed by atoms with Gasteiger partial charge in [-0.1, -0.05) is 67.2 Å². The first-order valence-electron chi connectivity index (χ1n) is 11.1. The lowest BCUT2D eigenvalue weighted by Gasteiger charge is -2.40. The molecule has 1 heterocycles. The molecule has 1 unspecified atom stereocenters. The quantitative estimate of drug-likeness (QED) is 0.354. The van der Waals surface area contributed by atoms with Crippen LogP contribution in [-0.4, -0.2) is 36.3 Å². The Morgan fingerprint density at radius 2 is 1.52 bits per heavy atom. The molecule has 0 aliphatic carbocycles. The average molecular weight is 381 g/mol. The largest absolute Gasteiger partial charge is 0.317 e. The van der Waals surface area contributed by atoms with Gasteiger partial charge in [-0.05, 0) is 49.6 Å². The van der Waals surface area contributed by atoms with Crippen molar-refractivity contribution in [3.05, 3.63) is 0 Å². The van der Waals surface area contributed by atoms with Crippen molar-refractivity contribution in [2.75, 3.05) is 19.6 Å². The van der Waals surface area contributed by atoms with E-state index in [2.05, 4.69) is 46.9 Å². The predicted octanol–water partition coefficient (Wildman–Crippen LogP) is 5.16. The topological polar surface area (TPSA) is 49.4 Å². The van der Waals surface area contributed by atoms with E-state index in [1.807, 2.05) is 0 Å². The second-order valence-electron chi connectivity index (χ2n) is 9.99. The molecule has 0 aromatic carbocycles. The minimum Gasteiger partial charge on any atom is -0.317 e. The maximum Gasteiger partial charge on any atom is 0.232 e. The van der Waals surface area contributed by atoms with Gasteiger partial charge in [0.05, 0.1) is 0 Å². The number of carbonyl (C=O) groups is 2. The summed E-state index contributed by atoms with van der Waals surface area (Å²) in [7, 11) is 0. The number of unbranched alkanes of at least 4 members (excludes halogenated alkanes) is 5. The highest BCUT2D eigenvalue weighted by Crippen LogP contribution is 2.44. The normalized spacial score (nSPS) is 18.6. The molecule has 1 fully saturated rings. The van der Waals surface area contributed by atoms with E-state index in [1.54, 1.807) is 0 Å². The Balaban J connectivity index is 2.25. The fourth-order valence-corrected chi connectivity index (χ4v) is 3.57. The van der Waals surface area contributed by atoms with Crippen molar-refractivity contribution < 1.29 is 9.59 Å². The molecule has 1 N–H and O–H groups in total. The Kier molecular flexibility index (Phi) is 10.0. The summed E-state index contributed by atoms with van der Waals surface area (Å²) in [6.45, 7) is 16.0. The molecular weight excluding hydrogens is 336 g/mol. The Morgan fingerprint density at radius 1 is 0.926 bits per heavy atom. The first-order chi connectivity index (χ1) is 12.6. The minimum atomic E-state index is -0.128. The van der Waals surface area contributed by atoms with Crippen molar-refractivity contribution in [3.8, 4) is 0 Å². The molecule has 4 heteroatoms. The standard InChI is InChI=1S/C23H44N2O2/c1-7-8-9-11-14-24-15-12-10-13-16-25-20(26)17-19(21(25)27)18-23(5,6)22(2,3)4/h19,24H,7-18H2,1-6H3. The van der Waals surface area contributed by atoms with E-state index < -0.39 is 0 Å². The molecule has 27 heavy (non-hydrogen) atoms. The van der Waals surface area contributed by atoms with Gasteiger partial charge >= 0.3 is 0 Å². The lowest BCUT2D eigenvalue weighted by molar-refractivity contribution is -0.139. The number of imide groups is 1. The van der Waals surface area contributed by atoms with E-state index in [9.17, 15) is 9.59 Å². The van der Waals surface area contributed by atoms with Crippen molar-refractivity contribution in [1.82, 2.24) is 10.2 Å². The third kappa shape index (κ3) is 7.93. The molecule has 158 valence electrons. The summed E-state index contributed by atoms with van der Waals surface area (Å²) in [5.74, 6) is -0.0355. The molecule has 4 nitrogen and oxygen atoms in total. The zero-order valence-corrected chi connectivity index (χ0v) is 18.8. The number of rotatable bonds is 13. The van der Waals surface area contributed by atoms with Gasteiger partial charge in [-0.15, -0.1) is 0 Å². The van der Waals surface area contributed by atoms with Gasteiger partial charge in [0, 0.05) is 18.9 Å². The summed E-state index contributed by atoms with van der Waals surface area (Å²) in [6.07, 6.45) is 9.48. The van der Waals surface area contributed by atoms with Gasteiger partial charge in [-0.3, -0.25) is 14.5 Å². The molecule has 2 amide bonds. The van der Waals surface area contributed by atoms with Gasteiger partial charge in [0.15, 0.2) is 0 Å². The molecule has 1 aliphatic rings. The van der Waals surface area contributed by atoms with Crippen molar-refractivity contribution in [1.29, 1.82) is 0 Å². The molecule has 0 bridgehead atoms. The van der Waals surface area contributed by atoms with Crippen LogP contribution < -0.4 is 5.32 Å². The van der Waals surface area contributed by atoms with Crippen LogP contribution in [0.4, 0.5) is 0 Å². The lowest BCUT2D eigenvalue weighted by Crippen LogP contribution is -2.35. The summed E-state index contributed by atoms with van der Waals surface area (Å²) < 4.78 is 0. The number of likely N-dealkylation sites (tertiary alicyclic amines) is 1. The van der Waals surface area contributed by atoms with Crippen LogP contribution >= 0.6 is 0 Å². The highest BCUT2D eigenvalue weighted by atomic mass is 16.2. The van der Waals surface area contributed by atoms with E-state index >= 15 is 0 Å². The van der Waals surface area contributed by atoms with E-state index in [0.717, 1.165) is 38.8 Å². The second kappa shape index (κ2) is 11.2. The summed E-state index contributed by atoms with van der Waals surface area (Å²) in [6, 6.07) is 0. The first-order valence-corrected chi connectivity index (χ1v) is 11.1. The number of nitrogens with one attached hydrogen (secondary N) is 1. The molecule has 1 atom stereocenters. The molecule has 1 saturated heterocycles. The number of carbonyl (C=O) groups excluding carboxylic acids is 2. The fraction of sp³-hybridized carbons (Fsp3) is 0.913. The van der Waals surface area contributed by atoms with Gasteiger partial charge in [-0.2, -0.15) is 0 Å². The number of amides is 2. The van der Waals surface area contributed by atoms with Crippen LogP contribution in [-0.2, 0) is 9.59 Å². The number of hydrogen-bond acceptors (Lipinski definition) is 3. The molecule has 1 rings (SSSR count). The van der Waals surface area contributed by atoms with Crippen molar-refractivity contribution in [2.24, 2.45) is 16.7 Å². The summed E-state index contributed by atoms with van der Waals surface area (Å²) in [4.78, 5) is 26.5. The third-order valence-corrected chi connectivity index (χ3v) is 6.57. The van der Waals surface area contributed by atoms with E-state index in [4.69, 9.17) is 0 Å². The molecule has 0 saturated carbocycles. The number of hydrogen-bond donors (Lipinski definition) is 1. The first kappa shape index (κ1) is 24.1. The molecular formula is C23H44N2O2. The molecule has 1 aliphatic heterocycles. The summed E-state index contributed by atoms with van der Waals surface area (Å²) >= 11 is 0. The van der Waals surface area contributed by atoms with Crippen molar-refractivity contribution in [3.63, 3.8) is 0 Å². The van der Waals surface area contributed by atoms with Gasteiger partial charge in [0.2, 0.25) is 11.8 Å². The Labute approximate surface area is 167 Å². The Morgan fingerprint density at radius 3 is 2.07 bits per heavy atom. The maximum atomic E-state index is 12.7. The van der Waals surface area contributed by atoms with Crippen LogP contribution in [0.3, 0.4) is 0 Å². The van der Waals surface area contributed by atoms with Gasteiger partial charge in [-0.25, -0.2) is 0 Å². The second-order valence-corrected chi connectivity index (χ2v) is 9.99. The highest BCUT2D eigenvalue weighted by molar-refractivity contribution is 6.03. The van der Waals surface area contributed by atoms with Crippen molar-refractivity contribution in [2.45, 2.75) is 99.3 Å². The smallest absolute Gasteiger partial charge is 0.232 e. The van der Waals surface area contributed by atoms with Crippen molar-refractivity contribution >= 4 is 11.8 Å². The van der Waals surface area contributed by atoms with Crippen LogP contribution in [0.5, 0.6) is 0 Å². The highest BCUT2D eigenvalue weighted by Gasteiger charge is 2.43. The monoisotopic (exact) mass is 380 g/mol. The van der Waals surface area contributed by atoms with Crippen LogP contribution in [0.1, 0.15) is 99.3 Å². The lowest BCUT2D eigenvalue weighted by atomic mass is 9.65. The van der Waals surface area contributed by atoms with Gasteiger partial charge in [0.1, 0.15) is 0 Å². The van der Waals surface area contributed by atoms with Crippen LogP contribution in [0, 0.1) is 16.7 Å². The van der Waals surface area contributed by atoms with Gasteiger partial charge < -0.3 is 5.32 Å². The number of nitrogens with zero attached hydrogens (tertiary/aromatic N) is 1. The van der Waals surface area contributed by atoms with Crippen LogP contribution in [0.15, 0.2) is 0 Å². The molecule has 0 radical (unpaired) electrons. The zero-order chi connectivity index (χ0) is 20.5. The Hall–Kier alpha value is -0.900.